The van der Waals surface area contributed by atoms with Crippen LogP contribution in [0.3, 0.4) is 0 Å². The Kier molecular flexibility index (Phi) is 3.44. The highest BCUT2D eigenvalue weighted by molar-refractivity contribution is 7.92. The van der Waals surface area contributed by atoms with Crippen LogP contribution in [0, 0.1) is 5.82 Å². The fourth-order valence-corrected chi connectivity index (χ4v) is 3.55. The van der Waals surface area contributed by atoms with Gasteiger partial charge in [0.1, 0.15) is 5.82 Å². The second kappa shape index (κ2) is 5.14. The highest BCUT2D eigenvalue weighted by Crippen LogP contribution is 2.40. The smallest absolute Gasteiger partial charge is 0.229 e. The third-order valence-corrected chi connectivity index (χ3v) is 4.33. The third-order valence-electron chi connectivity index (χ3n) is 3.74. The molecule has 0 spiro atoms. The van der Waals surface area contributed by atoms with Crippen LogP contribution >= 0.6 is 0 Å². The molecule has 1 aliphatic carbocycles. The van der Waals surface area contributed by atoms with Crippen molar-refractivity contribution in [3.8, 4) is 0 Å². The molecule has 1 heterocycles. The Morgan fingerprint density at radius 3 is 2.90 bits per heavy atom. The van der Waals surface area contributed by atoms with Crippen LogP contribution in [0.5, 0.6) is 0 Å². The maximum Gasteiger partial charge on any atom is 0.229 e. The molecule has 2 aromatic rings. The summed E-state index contributed by atoms with van der Waals surface area (Å²) in [7, 11) is -3.39. The second-order valence-electron chi connectivity index (χ2n) is 5.30. The zero-order chi connectivity index (χ0) is 15.0. The molecule has 2 N–H and O–H groups in total. The van der Waals surface area contributed by atoms with Gasteiger partial charge in [-0.25, -0.2) is 17.8 Å². The fourth-order valence-electron chi connectivity index (χ4n) is 2.96. The molecule has 0 amide bonds. The van der Waals surface area contributed by atoms with E-state index >= 15 is 0 Å². The number of sulfonamides is 1. The Labute approximate surface area is 122 Å². The van der Waals surface area contributed by atoms with Crippen LogP contribution in [0.1, 0.15) is 35.6 Å². The first-order valence-electron chi connectivity index (χ1n) is 6.73. The van der Waals surface area contributed by atoms with Gasteiger partial charge in [0.05, 0.1) is 24.0 Å². The number of hydrogen-bond donors (Lipinski definition) is 2. The van der Waals surface area contributed by atoms with E-state index in [9.17, 15) is 12.8 Å². The molecular formula is C14H16FN3O2S. The van der Waals surface area contributed by atoms with Crippen LogP contribution in [0.4, 0.5) is 10.1 Å². The van der Waals surface area contributed by atoms with Crippen molar-refractivity contribution in [3.63, 3.8) is 0 Å². The number of imidazole rings is 1. The van der Waals surface area contributed by atoms with E-state index in [-0.39, 0.29) is 11.7 Å². The van der Waals surface area contributed by atoms with E-state index in [0.717, 1.165) is 30.4 Å². The van der Waals surface area contributed by atoms with Gasteiger partial charge in [0.15, 0.2) is 0 Å². The highest BCUT2D eigenvalue weighted by Gasteiger charge is 2.28. The minimum absolute atomic E-state index is 0.138. The average molecular weight is 309 g/mol. The first-order chi connectivity index (χ1) is 9.96. The molecule has 1 unspecified atom stereocenters. The summed E-state index contributed by atoms with van der Waals surface area (Å²) in [5.74, 6) is -0.446. The van der Waals surface area contributed by atoms with Crippen molar-refractivity contribution < 1.29 is 12.8 Å². The zero-order valence-electron chi connectivity index (χ0n) is 11.6. The molecule has 1 atom stereocenters. The van der Waals surface area contributed by atoms with Gasteiger partial charge in [0.2, 0.25) is 10.0 Å². The number of halogens is 1. The molecule has 0 fully saturated rings. The molecule has 0 saturated heterocycles. The molecule has 0 bridgehead atoms. The van der Waals surface area contributed by atoms with Gasteiger partial charge < -0.3 is 4.98 Å². The number of anilines is 1. The third kappa shape index (κ3) is 2.78. The normalized spacial score (nSPS) is 18.3. The molecular weight excluding hydrogens is 293 g/mol. The summed E-state index contributed by atoms with van der Waals surface area (Å²) in [6.07, 6.45) is 6.75. The molecule has 3 rings (SSSR count). The Balaban J connectivity index is 2.12. The lowest BCUT2D eigenvalue weighted by Crippen LogP contribution is -2.18. The number of hydrogen-bond acceptors (Lipinski definition) is 3. The van der Waals surface area contributed by atoms with E-state index in [4.69, 9.17) is 0 Å². The molecule has 5 nitrogen and oxygen atoms in total. The van der Waals surface area contributed by atoms with Crippen molar-refractivity contribution in [3.05, 3.63) is 47.3 Å². The molecule has 0 aliphatic heterocycles. The van der Waals surface area contributed by atoms with Crippen molar-refractivity contribution in [1.29, 1.82) is 0 Å². The number of nitrogens with one attached hydrogen (secondary N) is 2. The van der Waals surface area contributed by atoms with Crippen LogP contribution in [0.25, 0.3) is 0 Å². The average Bonchev–Trinajstić information content (AvgIpc) is 2.94. The maximum absolute atomic E-state index is 14.3. The van der Waals surface area contributed by atoms with Gasteiger partial charge in [0, 0.05) is 17.7 Å². The SMILES string of the molecule is CS(=O)(=O)Nc1ccc(F)c2c1CCCC2c1c[nH]cn1. The molecule has 7 heteroatoms. The van der Waals surface area contributed by atoms with Crippen molar-refractivity contribution >= 4 is 15.7 Å². The molecule has 1 aromatic carbocycles. The van der Waals surface area contributed by atoms with Gasteiger partial charge in [-0.05, 0) is 37.0 Å². The summed E-state index contributed by atoms with van der Waals surface area (Å²) in [4.78, 5) is 7.11. The second-order valence-corrected chi connectivity index (χ2v) is 7.05. The molecule has 0 radical (unpaired) electrons. The Bertz CT molecular complexity index is 757. The maximum atomic E-state index is 14.3. The number of nitrogens with zero attached hydrogens (tertiary/aromatic N) is 1. The van der Waals surface area contributed by atoms with Crippen LogP contribution in [0.15, 0.2) is 24.7 Å². The first-order valence-corrected chi connectivity index (χ1v) is 8.62. The first kappa shape index (κ1) is 14.1. The van der Waals surface area contributed by atoms with E-state index in [2.05, 4.69) is 14.7 Å². The molecule has 112 valence electrons. The molecule has 0 saturated carbocycles. The quantitative estimate of drug-likeness (QED) is 0.914. The Morgan fingerprint density at radius 1 is 1.43 bits per heavy atom. The van der Waals surface area contributed by atoms with Crippen LogP contribution < -0.4 is 4.72 Å². The van der Waals surface area contributed by atoms with Crippen molar-refractivity contribution in [2.75, 3.05) is 11.0 Å². The largest absolute Gasteiger partial charge is 0.351 e. The lowest BCUT2D eigenvalue weighted by Gasteiger charge is -2.27. The van der Waals surface area contributed by atoms with E-state index in [0.29, 0.717) is 17.7 Å². The summed E-state index contributed by atoms with van der Waals surface area (Å²) in [5.41, 5.74) is 2.54. The summed E-state index contributed by atoms with van der Waals surface area (Å²) >= 11 is 0. The van der Waals surface area contributed by atoms with Crippen molar-refractivity contribution in [2.45, 2.75) is 25.2 Å². The molecule has 1 aromatic heterocycles. The van der Waals surface area contributed by atoms with Crippen LogP contribution in [-0.2, 0) is 16.4 Å². The summed E-state index contributed by atoms with van der Waals surface area (Å²) in [6, 6.07) is 2.81. The fraction of sp³-hybridized carbons (Fsp3) is 0.357. The summed E-state index contributed by atoms with van der Waals surface area (Å²) < 4.78 is 39.7. The number of benzene rings is 1. The number of fused-ring (bicyclic) bond motifs is 1. The van der Waals surface area contributed by atoms with Crippen LogP contribution in [-0.4, -0.2) is 24.6 Å². The molecule has 1 aliphatic rings. The van der Waals surface area contributed by atoms with Gasteiger partial charge in [-0.2, -0.15) is 0 Å². The van der Waals surface area contributed by atoms with E-state index in [1.807, 2.05) is 0 Å². The number of aromatic nitrogens is 2. The predicted octanol–water partition coefficient (Wildman–Crippen LogP) is 2.39. The van der Waals surface area contributed by atoms with Gasteiger partial charge in [-0.15, -0.1) is 0 Å². The monoisotopic (exact) mass is 309 g/mol. The van der Waals surface area contributed by atoms with Crippen molar-refractivity contribution in [2.24, 2.45) is 0 Å². The predicted molar refractivity (Wildman–Crippen MR) is 78.2 cm³/mol. The lowest BCUT2D eigenvalue weighted by molar-refractivity contribution is 0.542. The number of aromatic amines is 1. The topological polar surface area (TPSA) is 74.8 Å². The summed E-state index contributed by atoms with van der Waals surface area (Å²) in [6.45, 7) is 0. The van der Waals surface area contributed by atoms with Crippen molar-refractivity contribution in [1.82, 2.24) is 9.97 Å². The van der Waals surface area contributed by atoms with Crippen LogP contribution in [0.2, 0.25) is 0 Å². The summed E-state index contributed by atoms with van der Waals surface area (Å²) in [5, 5.41) is 0. The highest BCUT2D eigenvalue weighted by atomic mass is 32.2. The number of rotatable bonds is 3. The standard InChI is InChI=1S/C14H16FN3O2S/c1-21(19,20)18-12-6-5-11(15)14-9(12)3-2-4-10(14)13-7-16-8-17-13/h5-8,10,18H,2-4H2,1H3,(H,16,17). The van der Waals surface area contributed by atoms with Gasteiger partial charge >= 0.3 is 0 Å². The zero-order valence-corrected chi connectivity index (χ0v) is 12.4. The minimum Gasteiger partial charge on any atom is -0.351 e. The lowest BCUT2D eigenvalue weighted by atomic mass is 9.80. The van der Waals surface area contributed by atoms with Gasteiger partial charge in [-0.3, -0.25) is 4.72 Å². The van der Waals surface area contributed by atoms with E-state index < -0.39 is 10.0 Å². The van der Waals surface area contributed by atoms with Gasteiger partial charge in [-0.1, -0.05) is 0 Å². The van der Waals surface area contributed by atoms with E-state index in [1.165, 1.54) is 12.1 Å². The van der Waals surface area contributed by atoms with Gasteiger partial charge in [0.25, 0.3) is 0 Å². The number of H-pyrrole nitrogens is 1. The Morgan fingerprint density at radius 2 is 2.24 bits per heavy atom. The Hall–Kier alpha value is -1.89. The van der Waals surface area contributed by atoms with E-state index in [1.54, 1.807) is 12.5 Å². The minimum atomic E-state index is -3.39. The molecule has 21 heavy (non-hydrogen) atoms.